The zero-order valence-corrected chi connectivity index (χ0v) is 15.9. The molecule has 3 aromatic heterocycles. The van der Waals surface area contributed by atoms with Crippen LogP contribution in [-0.4, -0.2) is 45.9 Å². The SMILES string of the molecule is O=C(Cn1nnn(-c2cccs2)c1=O)Nc1cccc(-c2nnnn2C2CC2)c1. The number of benzene rings is 1. The summed E-state index contributed by atoms with van der Waals surface area (Å²) < 4.78 is 3.99. The van der Waals surface area contributed by atoms with E-state index in [1.807, 2.05) is 28.3 Å². The Kier molecular flexibility index (Phi) is 4.24. The number of carbonyl (C=O) groups is 1. The van der Waals surface area contributed by atoms with Gasteiger partial charge in [-0.25, -0.2) is 9.48 Å². The molecule has 0 aliphatic heterocycles. The molecule has 1 N–H and O–H groups in total. The van der Waals surface area contributed by atoms with Crippen molar-refractivity contribution in [2.75, 3.05) is 5.32 Å². The van der Waals surface area contributed by atoms with E-state index in [1.165, 1.54) is 11.3 Å². The number of hydrogen-bond donors (Lipinski definition) is 1. The van der Waals surface area contributed by atoms with Gasteiger partial charge in [0.05, 0.1) is 6.04 Å². The topological polar surface area (TPSA) is 125 Å². The highest BCUT2D eigenvalue weighted by atomic mass is 32.1. The van der Waals surface area contributed by atoms with Crippen molar-refractivity contribution in [1.29, 1.82) is 0 Å². The Labute approximate surface area is 167 Å². The van der Waals surface area contributed by atoms with E-state index in [0.717, 1.165) is 27.8 Å². The Morgan fingerprint density at radius 3 is 2.86 bits per heavy atom. The van der Waals surface area contributed by atoms with Crippen LogP contribution in [0.25, 0.3) is 16.4 Å². The van der Waals surface area contributed by atoms with Gasteiger partial charge in [0.2, 0.25) is 5.91 Å². The van der Waals surface area contributed by atoms with Crippen molar-refractivity contribution < 1.29 is 4.79 Å². The van der Waals surface area contributed by atoms with E-state index in [4.69, 9.17) is 0 Å². The van der Waals surface area contributed by atoms with Crippen molar-refractivity contribution in [2.45, 2.75) is 25.4 Å². The number of anilines is 1. The molecular formula is C17H15N9O2S. The Hall–Kier alpha value is -3.67. The molecule has 0 unspecified atom stereocenters. The van der Waals surface area contributed by atoms with Crippen LogP contribution >= 0.6 is 11.3 Å². The van der Waals surface area contributed by atoms with E-state index < -0.39 is 5.69 Å². The van der Waals surface area contributed by atoms with E-state index in [1.54, 1.807) is 18.2 Å². The highest BCUT2D eigenvalue weighted by Gasteiger charge is 2.28. The number of nitrogens with zero attached hydrogens (tertiary/aromatic N) is 8. The molecule has 1 aliphatic carbocycles. The van der Waals surface area contributed by atoms with Gasteiger partial charge in [-0.2, -0.15) is 9.36 Å². The zero-order valence-electron chi connectivity index (χ0n) is 15.0. The fraction of sp³-hybridized carbons (Fsp3) is 0.235. The van der Waals surface area contributed by atoms with Crippen LogP contribution in [0.4, 0.5) is 5.69 Å². The quantitative estimate of drug-likeness (QED) is 0.506. The number of rotatable bonds is 6. The summed E-state index contributed by atoms with van der Waals surface area (Å²) in [7, 11) is 0. The second kappa shape index (κ2) is 7.05. The minimum Gasteiger partial charge on any atom is -0.324 e. The first-order valence-corrected chi connectivity index (χ1v) is 9.82. The van der Waals surface area contributed by atoms with Crippen LogP contribution in [-0.2, 0) is 11.3 Å². The number of amides is 1. The molecule has 0 radical (unpaired) electrons. The number of thiophene rings is 1. The molecule has 0 spiro atoms. The van der Waals surface area contributed by atoms with Crippen LogP contribution in [0.15, 0.2) is 46.6 Å². The molecule has 1 fully saturated rings. The third kappa shape index (κ3) is 3.45. The van der Waals surface area contributed by atoms with Gasteiger partial charge in [-0.3, -0.25) is 4.79 Å². The molecule has 0 atom stereocenters. The monoisotopic (exact) mass is 409 g/mol. The molecule has 5 rings (SSSR count). The maximum absolute atomic E-state index is 12.4. The first kappa shape index (κ1) is 17.4. The zero-order chi connectivity index (χ0) is 19.8. The predicted octanol–water partition coefficient (Wildman–Crippen LogP) is 1.12. The summed E-state index contributed by atoms with van der Waals surface area (Å²) in [6.45, 7) is -0.242. The Balaban J connectivity index is 1.32. The number of nitrogens with one attached hydrogen (secondary N) is 1. The van der Waals surface area contributed by atoms with Gasteiger partial charge >= 0.3 is 5.69 Å². The fourth-order valence-corrected chi connectivity index (χ4v) is 3.59. The number of hydrogen-bond acceptors (Lipinski definition) is 8. The van der Waals surface area contributed by atoms with E-state index >= 15 is 0 Å². The second-order valence-corrected chi connectivity index (χ2v) is 7.52. The van der Waals surface area contributed by atoms with Crippen LogP contribution in [0.5, 0.6) is 0 Å². The highest BCUT2D eigenvalue weighted by Crippen LogP contribution is 2.36. The molecule has 0 bridgehead atoms. The summed E-state index contributed by atoms with van der Waals surface area (Å²) in [6.07, 6.45) is 2.13. The van der Waals surface area contributed by atoms with Crippen LogP contribution < -0.4 is 11.0 Å². The normalized spacial score (nSPS) is 13.5. The lowest BCUT2D eigenvalue weighted by Gasteiger charge is -2.07. The number of aromatic nitrogens is 8. The molecule has 146 valence electrons. The van der Waals surface area contributed by atoms with E-state index in [9.17, 15) is 9.59 Å². The lowest BCUT2D eigenvalue weighted by Crippen LogP contribution is -2.29. The van der Waals surface area contributed by atoms with Gasteiger partial charge in [0, 0.05) is 11.3 Å². The van der Waals surface area contributed by atoms with Crippen LogP contribution in [0.3, 0.4) is 0 Å². The Morgan fingerprint density at radius 1 is 1.17 bits per heavy atom. The summed E-state index contributed by atoms with van der Waals surface area (Å²) in [5.74, 6) is 0.281. The summed E-state index contributed by atoms with van der Waals surface area (Å²) in [5.41, 5.74) is 0.914. The largest absolute Gasteiger partial charge is 0.369 e. The molecule has 1 aliphatic rings. The first-order chi connectivity index (χ1) is 14.2. The van der Waals surface area contributed by atoms with E-state index in [-0.39, 0.29) is 12.5 Å². The number of carbonyl (C=O) groups excluding carboxylic acids is 1. The predicted molar refractivity (Wildman–Crippen MR) is 104 cm³/mol. The highest BCUT2D eigenvalue weighted by molar-refractivity contribution is 7.12. The maximum atomic E-state index is 12.4. The summed E-state index contributed by atoms with van der Waals surface area (Å²) in [5, 5.41) is 24.8. The standard InChI is InChI=1S/C17H15N9O2S/c27-14(10-24-17(28)26(23-22-24)15-5-2-8-29-15)18-12-4-1-3-11(9-12)16-19-20-21-25(16)13-6-7-13/h1-5,8-9,13H,6-7,10H2,(H,18,27). The molecule has 11 nitrogen and oxygen atoms in total. The van der Waals surface area contributed by atoms with Crippen molar-refractivity contribution in [3.05, 3.63) is 52.3 Å². The van der Waals surface area contributed by atoms with Crippen molar-refractivity contribution in [3.8, 4) is 16.4 Å². The molecule has 12 heteroatoms. The third-order valence-corrected chi connectivity index (χ3v) is 5.28. The third-order valence-electron chi connectivity index (χ3n) is 4.44. The Morgan fingerprint density at radius 2 is 2.07 bits per heavy atom. The maximum Gasteiger partial charge on any atom is 0.369 e. The van der Waals surface area contributed by atoms with Crippen molar-refractivity contribution >= 4 is 22.9 Å². The van der Waals surface area contributed by atoms with Gasteiger partial charge in [-0.15, -0.1) is 16.4 Å². The minimum absolute atomic E-state index is 0.242. The molecule has 1 amide bonds. The van der Waals surface area contributed by atoms with Crippen LogP contribution in [0.1, 0.15) is 18.9 Å². The minimum atomic E-state index is -0.472. The fourth-order valence-electron chi connectivity index (χ4n) is 2.92. The van der Waals surface area contributed by atoms with Crippen molar-refractivity contribution in [2.24, 2.45) is 0 Å². The molecule has 4 aromatic rings. The van der Waals surface area contributed by atoms with Gasteiger partial charge in [0.25, 0.3) is 0 Å². The summed E-state index contributed by atoms with van der Waals surface area (Å²) in [6, 6.07) is 11.2. The van der Waals surface area contributed by atoms with Gasteiger partial charge in [-0.05, 0) is 63.3 Å². The van der Waals surface area contributed by atoms with Gasteiger partial charge in [0.15, 0.2) is 5.82 Å². The van der Waals surface area contributed by atoms with Crippen LogP contribution in [0, 0.1) is 0 Å². The van der Waals surface area contributed by atoms with Gasteiger partial charge in [0.1, 0.15) is 11.5 Å². The average molecular weight is 409 g/mol. The first-order valence-electron chi connectivity index (χ1n) is 8.94. The summed E-state index contributed by atoms with van der Waals surface area (Å²) >= 11 is 1.36. The summed E-state index contributed by atoms with van der Waals surface area (Å²) in [4.78, 5) is 24.8. The smallest absolute Gasteiger partial charge is 0.324 e. The van der Waals surface area contributed by atoms with E-state index in [0.29, 0.717) is 22.6 Å². The average Bonchev–Trinajstić information content (AvgIpc) is 3.10. The molecular weight excluding hydrogens is 394 g/mol. The lowest BCUT2D eigenvalue weighted by molar-refractivity contribution is -0.117. The molecule has 1 aromatic carbocycles. The van der Waals surface area contributed by atoms with Gasteiger partial charge in [-0.1, -0.05) is 12.1 Å². The molecule has 3 heterocycles. The molecule has 0 saturated heterocycles. The second-order valence-electron chi connectivity index (χ2n) is 6.59. The Bertz CT molecular complexity index is 1220. The van der Waals surface area contributed by atoms with Crippen LogP contribution in [0.2, 0.25) is 0 Å². The van der Waals surface area contributed by atoms with Crippen molar-refractivity contribution in [1.82, 2.24) is 40.0 Å². The van der Waals surface area contributed by atoms with Gasteiger partial charge < -0.3 is 5.32 Å². The molecule has 1 saturated carbocycles. The number of tetrazole rings is 2. The van der Waals surface area contributed by atoms with E-state index in [2.05, 4.69) is 31.3 Å². The van der Waals surface area contributed by atoms with Crippen molar-refractivity contribution in [3.63, 3.8) is 0 Å². The molecule has 29 heavy (non-hydrogen) atoms. The lowest BCUT2D eigenvalue weighted by atomic mass is 10.2.